The zero-order valence-corrected chi connectivity index (χ0v) is 14.8. The van der Waals surface area contributed by atoms with Gasteiger partial charge in [0.05, 0.1) is 0 Å². The Bertz CT molecular complexity index is 974. The third-order valence-electron chi connectivity index (χ3n) is 4.61. The van der Waals surface area contributed by atoms with Crippen molar-refractivity contribution in [1.29, 1.82) is 5.26 Å². The van der Waals surface area contributed by atoms with Crippen LogP contribution in [0.25, 0.3) is 0 Å². The standard InChI is InChI=1S/C16H21N7O2/c1-9(2)13-20-19-12-6-5-10(8-23(12)13)18-14-11(7-17)15(24)22(4)16(25)21(14)3/h9-10,18H,5-6,8H2,1-4H3. The van der Waals surface area contributed by atoms with Crippen LogP contribution in [0, 0.1) is 11.3 Å². The first-order valence-corrected chi connectivity index (χ1v) is 8.23. The molecular weight excluding hydrogens is 322 g/mol. The fraction of sp³-hybridized carbons (Fsp3) is 0.562. The number of aryl methyl sites for hydroxylation is 1. The second-order valence-electron chi connectivity index (χ2n) is 6.66. The van der Waals surface area contributed by atoms with Gasteiger partial charge in [-0.05, 0) is 6.42 Å². The highest BCUT2D eigenvalue weighted by molar-refractivity contribution is 5.51. The lowest BCUT2D eigenvalue weighted by Gasteiger charge is -2.27. The summed E-state index contributed by atoms with van der Waals surface area (Å²) in [4.78, 5) is 24.4. The summed E-state index contributed by atoms with van der Waals surface area (Å²) in [5.74, 6) is 2.38. The zero-order valence-electron chi connectivity index (χ0n) is 14.8. The SMILES string of the molecule is CC(C)c1nnc2n1CC(Nc1c(C#N)c(=O)n(C)c(=O)n1C)CC2. The van der Waals surface area contributed by atoms with Gasteiger partial charge < -0.3 is 9.88 Å². The van der Waals surface area contributed by atoms with Gasteiger partial charge >= 0.3 is 5.69 Å². The van der Waals surface area contributed by atoms with E-state index < -0.39 is 11.2 Å². The Morgan fingerprint density at radius 1 is 1.24 bits per heavy atom. The van der Waals surface area contributed by atoms with Gasteiger partial charge in [-0.1, -0.05) is 13.8 Å². The van der Waals surface area contributed by atoms with E-state index in [4.69, 9.17) is 0 Å². The molecule has 0 aromatic carbocycles. The molecule has 3 rings (SSSR count). The summed E-state index contributed by atoms with van der Waals surface area (Å²) in [5.41, 5.74) is -1.10. The quantitative estimate of drug-likeness (QED) is 0.846. The summed E-state index contributed by atoms with van der Waals surface area (Å²) >= 11 is 0. The monoisotopic (exact) mass is 343 g/mol. The van der Waals surface area contributed by atoms with Crippen molar-refractivity contribution < 1.29 is 0 Å². The first-order chi connectivity index (χ1) is 11.8. The molecule has 9 heteroatoms. The highest BCUT2D eigenvalue weighted by atomic mass is 16.2. The summed E-state index contributed by atoms with van der Waals surface area (Å²) in [5, 5.41) is 21.1. The number of fused-ring (bicyclic) bond motifs is 1. The highest BCUT2D eigenvalue weighted by Gasteiger charge is 2.26. The van der Waals surface area contributed by atoms with Crippen molar-refractivity contribution in [2.24, 2.45) is 14.1 Å². The van der Waals surface area contributed by atoms with Crippen molar-refractivity contribution >= 4 is 5.82 Å². The first kappa shape index (κ1) is 17.0. The molecule has 3 heterocycles. The Labute approximate surface area is 144 Å². The largest absolute Gasteiger partial charge is 0.366 e. The number of hydrogen-bond donors (Lipinski definition) is 1. The number of nitrogens with one attached hydrogen (secondary N) is 1. The van der Waals surface area contributed by atoms with Crippen LogP contribution in [0.5, 0.6) is 0 Å². The van der Waals surface area contributed by atoms with Crippen LogP contribution < -0.4 is 16.6 Å². The van der Waals surface area contributed by atoms with Crippen molar-refractivity contribution in [3.63, 3.8) is 0 Å². The van der Waals surface area contributed by atoms with Crippen LogP contribution >= 0.6 is 0 Å². The van der Waals surface area contributed by atoms with E-state index in [1.165, 1.54) is 11.6 Å². The number of nitriles is 1. The third kappa shape index (κ3) is 2.73. The van der Waals surface area contributed by atoms with Gasteiger partial charge in [-0.25, -0.2) is 4.79 Å². The Morgan fingerprint density at radius 2 is 1.96 bits per heavy atom. The Morgan fingerprint density at radius 3 is 2.60 bits per heavy atom. The number of rotatable bonds is 3. The maximum Gasteiger partial charge on any atom is 0.332 e. The molecule has 2 aromatic rings. The van der Waals surface area contributed by atoms with E-state index in [0.29, 0.717) is 6.54 Å². The fourth-order valence-electron chi connectivity index (χ4n) is 3.20. The van der Waals surface area contributed by atoms with Crippen LogP contribution in [-0.4, -0.2) is 29.9 Å². The molecule has 0 fully saturated rings. The normalized spacial score (nSPS) is 16.6. The average Bonchev–Trinajstić information content (AvgIpc) is 3.01. The summed E-state index contributed by atoms with van der Waals surface area (Å²) in [6, 6.07) is 1.90. The van der Waals surface area contributed by atoms with E-state index >= 15 is 0 Å². The molecular formula is C16H21N7O2. The third-order valence-corrected chi connectivity index (χ3v) is 4.61. The van der Waals surface area contributed by atoms with Gasteiger partial charge in [0.1, 0.15) is 23.5 Å². The van der Waals surface area contributed by atoms with E-state index in [2.05, 4.69) is 33.9 Å². The minimum Gasteiger partial charge on any atom is -0.366 e. The van der Waals surface area contributed by atoms with Crippen molar-refractivity contribution in [1.82, 2.24) is 23.9 Å². The maximum atomic E-state index is 12.2. The predicted molar refractivity (Wildman–Crippen MR) is 91.5 cm³/mol. The van der Waals surface area contributed by atoms with Crippen molar-refractivity contribution in [3.05, 3.63) is 38.1 Å². The molecule has 0 saturated carbocycles. The molecule has 2 aromatic heterocycles. The van der Waals surface area contributed by atoms with Crippen molar-refractivity contribution in [2.75, 3.05) is 5.32 Å². The molecule has 1 aliphatic rings. The molecule has 0 spiro atoms. The molecule has 1 atom stereocenters. The minimum absolute atomic E-state index is 0.0224. The van der Waals surface area contributed by atoms with Gasteiger partial charge in [-0.15, -0.1) is 10.2 Å². The minimum atomic E-state index is -0.586. The lowest BCUT2D eigenvalue weighted by Crippen LogP contribution is -2.42. The number of aromatic nitrogens is 5. The van der Waals surface area contributed by atoms with E-state index in [9.17, 15) is 14.9 Å². The topological polar surface area (TPSA) is 111 Å². The van der Waals surface area contributed by atoms with Crippen LogP contribution in [0.3, 0.4) is 0 Å². The molecule has 132 valence electrons. The molecule has 0 aliphatic carbocycles. The molecule has 1 aliphatic heterocycles. The molecule has 1 N–H and O–H groups in total. The molecule has 0 radical (unpaired) electrons. The van der Waals surface area contributed by atoms with Crippen LogP contribution in [0.15, 0.2) is 9.59 Å². The van der Waals surface area contributed by atoms with Gasteiger partial charge in [0.15, 0.2) is 5.56 Å². The van der Waals surface area contributed by atoms with E-state index in [1.54, 1.807) is 7.05 Å². The average molecular weight is 343 g/mol. The first-order valence-electron chi connectivity index (χ1n) is 8.23. The fourth-order valence-corrected chi connectivity index (χ4v) is 3.20. The number of anilines is 1. The van der Waals surface area contributed by atoms with E-state index in [-0.39, 0.29) is 23.3 Å². The second-order valence-corrected chi connectivity index (χ2v) is 6.66. The highest BCUT2D eigenvalue weighted by Crippen LogP contribution is 2.22. The Balaban J connectivity index is 1.97. The van der Waals surface area contributed by atoms with Gasteiger partial charge in [0.2, 0.25) is 0 Å². The molecule has 0 amide bonds. The van der Waals surface area contributed by atoms with Gasteiger partial charge in [0, 0.05) is 39.0 Å². The molecule has 0 saturated heterocycles. The van der Waals surface area contributed by atoms with Crippen LogP contribution in [0.1, 0.15) is 43.4 Å². The Hall–Kier alpha value is -2.89. The molecule has 0 bridgehead atoms. The maximum absolute atomic E-state index is 12.2. The smallest absolute Gasteiger partial charge is 0.332 e. The summed E-state index contributed by atoms with van der Waals surface area (Å²) < 4.78 is 4.33. The lowest BCUT2D eigenvalue weighted by atomic mass is 10.1. The van der Waals surface area contributed by atoms with E-state index in [1.807, 2.05) is 6.07 Å². The molecule has 25 heavy (non-hydrogen) atoms. The second kappa shape index (κ2) is 6.20. The van der Waals surface area contributed by atoms with E-state index in [0.717, 1.165) is 29.1 Å². The molecule has 1 unspecified atom stereocenters. The summed E-state index contributed by atoms with van der Waals surface area (Å²) in [6.07, 6.45) is 1.53. The summed E-state index contributed by atoms with van der Waals surface area (Å²) in [7, 11) is 2.92. The summed E-state index contributed by atoms with van der Waals surface area (Å²) in [6.45, 7) is 4.75. The van der Waals surface area contributed by atoms with Gasteiger partial charge in [0.25, 0.3) is 5.56 Å². The van der Waals surface area contributed by atoms with Crippen molar-refractivity contribution in [3.8, 4) is 6.07 Å². The van der Waals surface area contributed by atoms with Crippen LogP contribution in [0.2, 0.25) is 0 Å². The predicted octanol–water partition coefficient (Wildman–Crippen LogP) is 0.0975. The zero-order chi connectivity index (χ0) is 18.3. The lowest BCUT2D eigenvalue weighted by molar-refractivity contribution is 0.456. The van der Waals surface area contributed by atoms with Gasteiger partial charge in [-0.3, -0.25) is 13.9 Å². The van der Waals surface area contributed by atoms with Crippen LogP contribution in [-0.2, 0) is 27.1 Å². The molecule has 9 nitrogen and oxygen atoms in total. The Kier molecular flexibility index (Phi) is 4.20. The number of nitrogens with zero attached hydrogens (tertiary/aromatic N) is 6. The number of hydrogen-bond acceptors (Lipinski definition) is 6. The van der Waals surface area contributed by atoms with Crippen LogP contribution in [0.4, 0.5) is 5.82 Å². The van der Waals surface area contributed by atoms with Crippen molar-refractivity contribution in [2.45, 2.75) is 45.2 Å². The van der Waals surface area contributed by atoms with Gasteiger partial charge in [-0.2, -0.15) is 5.26 Å².